The number of phosphoric acid groups is 1. The summed E-state index contributed by atoms with van der Waals surface area (Å²) < 4.78 is 34.5. The number of phosphoric ester groups is 1. The van der Waals surface area contributed by atoms with Crippen molar-refractivity contribution in [3.8, 4) is 0 Å². The van der Waals surface area contributed by atoms with Crippen molar-refractivity contribution in [1.82, 2.24) is 0 Å². The number of rotatable bonds is 48. The Bertz CT molecular complexity index is 1110. The Labute approximate surface area is 383 Å². The van der Waals surface area contributed by atoms with Gasteiger partial charge in [0.25, 0.3) is 0 Å². The van der Waals surface area contributed by atoms with E-state index in [1.165, 1.54) is 161 Å². The normalized spacial score (nSPS) is 13.6. The van der Waals surface area contributed by atoms with Gasteiger partial charge >= 0.3 is 19.8 Å². The smallest absolute Gasteiger partial charge is 0.462 e. The number of hydrogen-bond donors (Lipinski definition) is 1. The Morgan fingerprint density at radius 1 is 0.500 bits per heavy atom. The molecule has 0 saturated heterocycles. The summed E-state index contributed by atoms with van der Waals surface area (Å²) >= 11 is 0. The zero-order valence-corrected chi connectivity index (χ0v) is 42.3. The van der Waals surface area contributed by atoms with Gasteiger partial charge in [-0.3, -0.25) is 18.6 Å². The van der Waals surface area contributed by atoms with Gasteiger partial charge in [0.15, 0.2) is 6.10 Å². The third-order valence-electron chi connectivity index (χ3n) is 11.5. The molecule has 0 amide bonds. The van der Waals surface area contributed by atoms with Crippen molar-refractivity contribution in [3.05, 3.63) is 24.3 Å². The summed E-state index contributed by atoms with van der Waals surface area (Å²) in [5.74, 6) is -0.795. The van der Waals surface area contributed by atoms with Gasteiger partial charge in [-0.25, -0.2) is 4.57 Å². The largest absolute Gasteiger partial charge is 0.472 e. The fourth-order valence-electron chi connectivity index (χ4n) is 7.40. The number of allylic oxidation sites excluding steroid dienone is 4. The predicted molar refractivity (Wildman–Crippen MR) is 261 cm³/mol. The zero-order valence-electron chi connectivity index (χ0n) is 41.4. The van der Waals surface area contributed by atoms with Gasteiger partial charge in [-0.2, -0.15) is 0 Å². The monoisotopic (exact) mass is 899 g/mol. The Kier molecular flexibility index (Phi) is 43.6. The molecule has 0 heterocycles. The van der Waals surface area contributed by atoms with Gasteiger partial charge in [-0.1, -0.05) is 212 Å². The Morgan fingerprint density at radius 2 is 0.871 bits per heavy atom. The summed E-state index contributed by atoms with van der Waals surface area (Å²) in [6.45, 7) is 4.43. The Balaban J connectivity index is 4.21. The summed E-state index contributed by atoms with van der Waals surface area (Å²) in [5.41, 5.74) is 0. The van der Waals surface area contributed by atoms with E-state index in [1.807, 2.05) is 21.1 Å². The lowest BCUT2D eigenvalue weighted by molar-refractivity contribution is -0.870. The molecule has 2 atom stereocenters. The van der Waals surface area contributed by atoms with Crippen LogP contribution in [0, 0.1) is 0 Å². The van der Waals surface area contributed by atoms with Crippen molar-refractivity contribution >= 4 is 19.8 Å². The van der Waals surface area contributed by atoms with Crippen molar-refractivity contribution in [2.75, 3.05) is 47.5 Å². The molecule has 62 heavy (non-hydrogen) atoms. The minimum absolute atomic E-state index is 0.0321. The zero-order chi connectivity index (χ0) is 45.7. The lowest BCUT2D eigenvalue weighted by Gasteiger charge is -2.24. The molecule has 0 aliphatic heterocycles. The van der Waals surface area contributed by atoms with Crippen LogP contribution in [-0.4, -0.2) is 74.9 Å². The topological polar surface area (TPSA) is 108 Å². The van der Waals surface area contributed by atoms with E-state index in [1.54, 1.807) is 0 Å². The van der Waals surface area contributed by atoms with Crippen molar-refractivity contribution < 1.29 is 42.1 Å². The molecule has 0 aromatic carbocycles. The third-order valence-corrected chi connectivity index (χ3v) is 12.5. The van der Waals surface area contributed by atoms with E-state index in [4.69, 9.17) is 18.5 Å². The first kappa shape index (κ1) is 60.5. The maximum absolute atomic E-state index is 12.7. The first-order valence-corrected chi connectivity index (χ1v) is 27.6. The van der Waals surface area contributed by atoms with Crippen LogP contribution < -0.4 is 0 Å². The summed E-state index contributed by atoms with van der Waals surface area (Å²) in [6.07, 6.45) is 50.8. The van der Waals surface area contributed by atoms with Gasteiger partial charge in [0.05, 0.1) is 27.7 Å². The molecule has 0 radical (unpaired) electrons. The molecule has 0 fully saturated rings. The summed E-state index contributed by atoms with van der Waals surface area (Å²) in [6, 6.07) is 0. The Hall–Kier alpha value is -1.51. The number of ether oxygens (including phenoxy) is 2. The van der Waals surface area contributed by atoms with Gasteiger partial charge in [0.2, 0.25) is 0 Å². The average Bonchev–Trinajstić information content (AvgIpc) is 3.23. The van der Waals surface area contributed by atoms with Crippen molar-refractivity contribution in [2.45, 2.75) is 251 Å². The molecule has 1 unspecified atom stereocenters. The maximum Gasteiger partial charge on any atom is 0.472 e. The highest BCUT2D eigenvalue weighted by Crippen LogP contribution is 2.43. The molecule has 0 bridgehead atoms. The number of likely N-dealkylation sites (N-methyl/N-ethyl adjacent to an activating group) is 1. The molecule has 10 heteroatoms. The van der Waals surface area contributed by atoms with Gasteiger partial charge < -0.3 is 18.9 Å². The quantitative estimate of drug-likeness (QED) is 0.0211. The van der Waals surface area contributed by atoms with Crippen molar-refractivity contribution in [3.63, 3.8) is 0 Å². The van der Waals surface area contributed by atoms with Gasteiger partial charge in [-0.05, 0) is 44.9 Å². The van der Waals surface area contributed by atoms with Crippen molar-refractivity contribution in [2.24, 2.45) is 0 Å². The highest BCUT2D eigenvalue weighted by atomic mass is 31.2. The number of carbonyl (C=O) groups is 2. The van der Waals surface area contributed by atoms with Crippen LogP contribution in [0.4, 0.5) is 0 Å². The highest BCUT2D eigenvalue weighted by Gasteiger charge is 2.27. The SMILES string of the molecule is CCCCC/C=C\C/C=C\CCCCCCCCCC(=O)O[C@H](COC(=O)CCCCCCCCCCCCCCCCCCCCCCC)COP(=O)(O)OCC[N+](C)(C)C. The molecule has 0 saturated carbocycles. The molecule has 9 nitrogen and oxygen atoms in total. The second kappa shape index (κ2) is 44.7. The molecule has 0 rings (SSSR count). The fourth-order valence-corrected chi connectivity index (χ4v) is 8.14. The van der Waals surface area contributed by atoms with E-state index in [0.717, 1.165) is 51.4 Å². The van der Waals surface area contributed by atoms with Crippen LogP contribution in [0.5, 0.6) is 0 Å². The summed E-state index contributed by atoms with van der Waals surface area (Å²) in [5, 5.41) is 0. The lowest BCUT2D eigenvalue weighted by atomic mass is 10.0. The number of unbranched alkanes of at least 4 members (excludes halogenated alkanes) is 30. The molecule has 0 spiro atoms. The maximum atomic E-state index is 12.7. The van der Waals surface area contributed by atoms with E-state index in [2.05, 4.69) is 38.2 Å². The van der Waals surface area contributed by atoms with Gasteiger partial charge in [0, 0.05) is 12.8 Å². The van der Waals surface area contributed by atoms with Crippen LogP contribution in [0.1, 0.15) is 245 Å². The van der Waals surface area contributed by atoms with Crippen LogP contribution in [0.2, 0.25) is 0 Å². The molecule has 0 aromatic heterocycles. The molecular formula is C52H101NO8P+. The van der Waals surface area contributed by atoms with E-state index < -0.39 is 26.5 Å². The number of esters is 2. The van der Waals surface area contributed by atoms with E-state index in [-0.39, 0.29) is 25.6 Å². The first-order valence-electron chi connectivity index (χ1n) is 26.1. The van der Waals surface area contributed by atoms with Crippen molar-refractivity contribution in [1.29, 1.82) is 0 Å². The van der Waals surface area contributed by atoms with Crippen LogP contribution in [-0.2, 0) is 32.7 Å². The summed E-state index contributed by atoms with van der Waals surface area (Å²) in [7, 11) is 1.48. The van der Waals surface area contributed by atoms with E-state index >= 15 is 0 Å². The second-order valence-corrected chi connectivity index (χ2v) is 20.4. The molecule has 366 valence electrons. The first-order chi connectivity index (χ1) is 30.0. The number of carbonyl (C=O) groups excluding carboxylic acids is 2. The van der Waals surface area contributed by atoms with Gasteiger partial charge in [-0.15, -0.1) is 0 Å². The molecule has 0 aliphatic carbocycles. The third kappa shape index (κ3) is 48.0. The molecule has 0 aromatic rings. The minimum Gasteiger partial charge on any atom is -0.462 e. The van der Waals surface area contributed by atoms with Gasteiger partial charge in [0.1, 0.15) is 19.8 Å². The fraction of sp³-hybridized carbons (Fsp3) is 0.885. The predicted octanol–water partition coefficient (Wildman–Crippen LogP) is 15.5. The van der Waals surface area contributed by atoms with E-state index in [9.17, 15) is 19.0 Å². The molecule has 0 aliphatic rings. The number of nitrogens with zero attached hydrogens (tertiary/aromatic N) is 1. The average molecular weight is 899 g/mol. The highest BCUT2D eigenvalue weighted by molar-refractivity contribution is 7.47. The van der Waals surface area contributed by atoms with Crippen LogP contribution in [0.25, 0.3) is 0 Å². The number of hydrogen-bond acceptors (Lipinski definition) is 7. The lowest BCUT2D eigenvalue weighted by Crippen LogP contribution is -2.37. The van der Waals surface area contributed by atoms with Crippen LogP contribution in [0.3, 0.4) is 0 Å². The number of quaternary nitrogens is 1. The molecular weight excluding hydrogens is 798 g/mol. The summed E-state index contributed by atoms with van der Waals surface area (Å²) in [4.78, 5) is 35.5. The standard InChI is InChI=1S/C52H100NO8P/c1-6-8-10-12-14-16-18-20-22-24-25-26-27-29-30-32-34-36-38-40-42-44-51(54)58-48-50(49-60-62(56,57)59-47-46-53(3,4)5)61-52(55)45-43-41-39-37-35-33-31-28-23-21-19-17-15-13-11-9-7-2/h15,17,21,23,50H,6-14,16,18-20,22,24-49H2,1-5H3/p+1/b17-15-,23-21-/t50-/m1/s1. The minimum atomic E-state index is -4.38. The van der Waals surface area contributed by atoms with Crippen LogP contribution in [0.15, 0.2) is 24.3 Å². The molecule has 1 N–H and O–H groups in total. The van der Waals surface area contributed by atoms with E-state index in [0.29, 0.717) is 23.9 Å². The Morgan fingerprint density at radius 3 is 1.31 bits per heavy atom. The second-order valence-electron chi connectivity index (χ2n) is 18.9. The van der Waals surface area contributed by atoms with Crippen LogP contribution >= 0.6 is 7.82 Å².